The standard InChI is InChI=1S/C26H32N2O6/c1-32-21-10-7-11-22(33-2)23(21)18-14-12-17(13-15-18)16-20(26(30)31)27-25(29)24(28-34-3)19-8-5-4-6-9-19/h7,10-15,19-20H,4-6,8-9,16H2,1-3H3,(H,27,29)(H,30,31)/t20-/m0/s1. The van der Waals surface area contributed by atoms with E-state index < -0.39 is 17.9 Å². The van der Waals surface area contributed by atoms with E-state index in [4.69, 9.17) is 14.3 Å². The molecule has 0 spiro atoms. The van der Waals surface area contributed by atoms with Gasteiger partial charge < -0.3 is 24.7 Å². The lowest BCUT2D eigenvalue weighted by Crippen LogP contribution is -2.47. The molecular formula is C26H32N2O6. The SMILES string of the molecule is CON=C(C(=O)N[C@@H](Cc1ccc(-c2c(OC)cccc2OC)cc1)C(=O)O)C1CCCCC1. The van der Waals surface area contributed by atoms with Crippen LogP contribution in [0.3, 0.4) is 0 Å². The Balaban J connectivity index is 1.76. The largest absolute Gasteiger partial charge is 0.496 e. The molecule has 8 nitrogen and oxygen atoms in total. The molecule has 2 aromatic rings. The number of aliphatic carboxylic acids is 1. The molecule has 8 heteroatoms. The van der Waals surface area contributed by atoms with E-state index in [0.29, 0.717) is 11.5 Å². The molecule has 0 aromatic heterocycles. The summed E-state index contributed by atoms with van der Waals surface area (Å²) in [5.41, 5.74) is 2.73. The van der Waals surface area contributed by atoms with Crippen LogP contribution in [0.4, 0.5) is 0 Å². The molecule has 1 amide bonds. The minimum atomic E-state index is -1.11. The van der Waals surface area contributed by atoms with E-state index in [1.54, 1.807) is 14.2 Å². The first kappa shape index (κ1) is 25.1. The van der Waals surface area contributed by atoms with Crippen molar-refractivity contribution in [3.8, 4) is 22.6 Å². The van der Waals surface area contributed by atoms with E-state index in [9.17, 15) is 14.7 Å². The van der Waals surface area contributed by atoms with Gasteiger partial charge in [-0.15, -0.1) is 0 Å². The van der Waals surface area contributed by atoms with E-state index in [1.807, 2.05) is 42.5 Å². The zero-order chi connectivity index (χ0) is 24.5. The highest BCUT2D eigenvalue weighted by Gasteiger charge is 2.29. The number of amides is 1. The van der Waals surface area contributed by atoms with E-state index in [-0.39, 0.29) is 18.1 Å². The molecule has 34 heavy (non-hydrogen) atoms. The third kappa shape index (κ3) is 6.07. The highest BCUT2D eigenvalue weighted by Crippen LogP contribution is 2.38. The van der Waals surface area contributed by atoms with Crippen molar-refractivity contribution >= 4 is 17.6 Å². The molecule has 1 atom stereocenters. The van der Waals surface area contributed by atoms with Crippen LogP contribution in [-0.4, -0.2) is 50.1 Å². The quantitative estimate of drug-likeness (QED) is 0.402. The van der Waals surface area contributed by atoms with Crippen molar-refractivity contribution in [3.63, 3.8) is 0 Å². The molecule has 3 rings (SSSR count). The number of hydrogen-bond acceptors (Lipinski definition) is 6. The van der Waals surface area contributed by atoms with Gasteiger partial charge in [0.05, 0.1) is 19.8 Å². The Hall–Kier alpha value is -3.55. The van der Waals surface area contributed by atoms with Crippen molar-refractivity contribution < 1.29 is 29.0 Å². The van der Waals surface area contributed by atoms with Crippen LogP contribution in [0.15, 0.2) is 47.6 Å². The lowest BCUT2D eigenvalue weighted by atomic mass is 9.85. The molecule has 1 aliphatic carbocycles. The summed E-state index contributed by atoms with van der Waals surface area (Å²) < 4.78 is 11.0. The molecular weight excluding hydrogens is 436 g/mol. The Kier molecular flexibility index (Phi) is 8.90. The van der Waals surface area contributed by atoms with Gasteiger partial charge in [-0.25, -0.2) is 4.79 Å². The van der Waals surface area contributed by atoms with Gasteiger partial charge in [0.15, 0.2) is 0 Å². The molecule has 0 heterocycles. The van der Waals surface area contributed by atoms with E-state index in [1.165, 1.54) is 7.11 Å². The van der Waals surface area contributed by atoms with Gasteiger partial charge in [-0.3, -0.25) is 4.79 Å². The Labute approximate surface area is 199 Å². The van der Waals surface area contributed by atoms with Crippen LogP contribution in [0.5, 0.6) is 11.5 Å². The van der Waals surface area contributed by atoms with E-state index >= 15 is 0 Å². The summed E-state index contributed by atoms with van der Waals surface area (Å²) in [5.74, 6) is -0.259. The second-order valence-electron chi connectivity index (χ2n) is 8.30. The molecule has 0 radical (unpaired) electrons. The number of oxime groups is 1. The maximum absolute atomic E-state index is 12.9. The number of ether oxygens (including phenoxy) is 2. The lowest BCUT2D eigenvalue weighted by molar-refractivity contribution is -0.141. The molecule has 2 N–H and O–H groups in total. The monoisotopic (exact) mass is 468 g/mol. The highest BCUT2D eigenvalue weighted by atomic mass is 16.6. The van der Waals surface area contributed by atoms with Crippen molar-refractivity contribution in [3.05, 3.63) is 48.0 Å². The van der Waals surface area contributed by atoms with Gasteiger partial charge >= 0.3 is 5.97 Å². The molecule has 1 aliphatic rings. The van der Waals surface area contributed by atoms with E-state index in [0.717, 1.165) is 48.8 Å². The first-order valence-electron chi connectivity index (χ1n) is 11.4. The van der Waals surface area contributed by atoms with Crippen LogP contribution in [0.1, 0.15) is 37.7 Å². The smallest absolute Gasteiger partial charge is 0.326 e. The lowest BCUT2D eigenvalue weighted by Gasteiger charge is -2.23. The molecule has 0 aliphatic heterocycles. The van der Waals surface area contributed by atoms with Crippen molar-refractivity contribution in [1.29, 1.82) is 0 Å². The molecule has 0 unspecified atom stereocenters. The average Bonchev–Trinajstić information content (AvgIpc) is 2.87. The number of methoxy groups -OCH3 is 2. The first-order valence-corrected chi connectivity index (χ1v) is 11.4. The normalized spacial score (nSPS) is 15.3. The number of carboxylic acids is 1. The molecule has 182 valence electrons. The third-order valence-electron chi connectivity index (χ3n) is 6.13. The number of benzene rings is 2. The minimum Gasteiger partial charge on any atom is -0.496 e. The zero-order valence-electron chi connectivity index (χ0n) is 19.9. The Morgan fingerprint density at radius 3 is 2.15 bits per heavy atom. The van der Waals surface area contributed by atoms with Gasteiger partial charge in [-0.1, -0.05) is 54.8 Å². The summed E-state index contributed by atoms with van der Waals surface area (Å²) in [5, 5.41) is 16.3. The fourth-order valence-corrected chi connectivity index (χ4v) is 4.39. The Morgan fingerprint density at radius 2 is 1.62 bits per heavy atom. The number of carbonyl (C=O) groups is 2. The number of carbonyl (C=O) groups excluding carboxylic acids is 1. The van der Waals surface area contributed by atoms with Crippen LogP contribution in [0.2, 0.25) is 0 Å². The zero-order valence-corrected chi connectivity index (χ0v) is 19.9. The van der Waals surface area contributed by atoms with Crippen LogP contribution in [0, 0.1) is 5.92 Å². The third-order valence-corrected chi connectivity index (χ3v) is 6.13. The van der Waals surface area contributed by atoms with Gasteiger partial charge in [0.25, 0.3) is 5.91 Å². The van der Waals surface area contributed by atoms with Crippen LogP contribution >= 0.6 is 0 Å². The highest BCUT2D eigenvalue weighted by molar-refractivity contribution is 6.39. The number of carboxylic acid groups (broad SMARTS) is 1. The topological polar surface area (TPSA) is 106 Å². The second kappa shape index (κ2) is 12.1. The molecule has 1 fully saturated rings. The summed E-state index contributed by atoms with van der Waals surface area (Å²) >= 11 is 0. The predicted octanol–water partition coefficient (Wildman–Crippen LogP) is 4.07. The van der Waals surface area contributed by atoms with Crippen molar-refractivity contribution in [2.75, 3.05) is 21.3 Å². The number of nitrogens with one attached hydrogen (secondary N) is 1. The van der Waals surface area contributed by atoms with Crippen molar-refractivity contribution in [1.82, 2.24) is 5.32 Å². The second-order valence-corrected chi connectivity index (χ2v) is 8.30. The fraction of sp³-hybridized carbons (Fsp3) is 0.423. The van der Waals surface area contributed by atoms with Gasteiger partial charge in [-0.2, -0.15) is 0 Å². The van der Waals surface area contributed by atoms with Gasteiger partial charge in [-0.05, 0) is 36.1 Å². The maximum atomic E-state index is 12.9. The molecule has 0 saturated heterocycles. The van der Waals surface area contributed by atoms with E-state index in [2.05, 4.69) is 10.5 Å². The summed E-state index contributed by atoms with van der Waals surface area (Å²) in [7, 11) is 4.59. The Morgan fingerprint density at radius 1 is 1.00 bits per heavy atom. The predicted molar refractivity (Wildman–Crippen MR) is 129 cm³/mol. The van der Waals surface area contributed by atoms with Crippen LogP contribution in [-0.2, 0) is 20.8 Å². The Bertz CT molecular complexity index is 990. The molecule has 2 aromatic carbocycles. The summed E-state index contributed by atoms with van der Waals surface area (Å²) in [6, 6.07) is 11.9. The van der Waals surface area contributed by atoms with Gasteiger partial charge in [0.1, 0.15) is 30.4 Å². The van der Waals surface area contributed by atoms with Crippen molar-refractivity contribution in [2.24, 2.45) is 11.1 Å². The van der Waals surface area contributed by atoms with Crippen molar-refractivity contribution in [2.45, 2.75) is 44.6 Å². The number of hydrogen-bond donors (Lipinski definition) is 2. The van der Waals surface area contributed by atoms with Gasteiger partial charge in [0, 0.05) is 12.3 Å². The number of rotatable bonds is 10. The fourth-order valence-electron chi connectivity index (χ4n) is 4.39. The summed E-state index contributed by atoms with van der Waals surface area (Å²) in [6.45, 7) is 0. The van der Waals surface area contributed by atoms with Crippen LogP contribution in [0.25, 0.3) is 11.1 Å². The summed E-state index contributed by atoms with van der Waals surface area (Å²) in [6.07, 6.45) is 5.00. The summed E-state index contributed by atoms with van der Waals surface area (Å²) in [4.78, 5) is 29.7. The van der Waals surface area contributed by atoms with Gasteiger partial charge in [0.2, 0.25) is 0 Å². The maximum Gasteiger partial charge on any atom is 0.326 e. The minimum absolute atomic E-state index is 0.0155. The molecule has 0 bridgehead atoms. The first-order chi connectivity index (χ1) is 16.5. The average molecular weight is 469 g/mol. The number of nitrogens with zero attached hydrogens (tertiary/aromatic N) is 1. The molecule has 1 saturated carbocycles. The van der Waals surface area contributed by atoms with Crippen LogP contribution < -0.4 is 14.8 Å².